The van der Waals surface area contributed by atoms with Crippen molar-refractivity contribution < 1.29 is 13.3 Å². The van der Waals surface area contributed by atoms with Crippen LogP contribution >= 0.6 is 0 Å². The van der Waals surface area contributed by atoms with Gasteiger partial charge in [0, 0.05) is 24.2 Å². The van der Waals surface area contributed by atoms with Crippen LogP contribution in [-0.4, -0.2) is 29.7 Å². The molecular weight excluding hydrogens is 352 g/mol. The van der Waals surface area contributed by atoms with Crippen molar-refractivity contribution in [2.24, 2.45) is 5.41 Å². The standard InChI is InChI=1S/C19H26N2O4S/c1-3-11-18(2)14-19(12-5-4-6-13-19)15-20(18)26(24,25)17-9-7-16(8-10-17)21(22)23/h3,7-10H,1,4-6,11-15H2,2H3. The highest BCUT2D eigenvalue weighted by atomic mass is 32.2. The van der Waals surface area contributed by atoms with E-state index in [-0.39, 0.29) is 16.0 Å². The van der Waals surface area contributed by atoms with Crippen LogP contribution in [0.1, 0.15) is 51.9 Å². The lowest BCUT2D eigenvalue weighted by Gasteiger charge is -2.34. The molecule has 0 aromatic heterocycles. The predicted molar refractivity (Wildman–Crippen MR) is 100 cm³/mol. The second kappa shape index (κ2) is 6.78. The Balaban J connectivity index is 1.97. The lowest BCUT2D eigenvalue weighted by Crippen LogP contribution is -2.44. The number of nitro groups is 1. The molecule has 1 unspecified atom stereocenters. The van der Waals surface area contributed by atoms with E-state index in [1.807, 2.05) is 6.92 Å². The summed E-state index contributed by atoms with van der Waals surface area (Å²) in [5, 5.41) is 10.8. The second-order valence-electron chi connectivity index (χ2n) is 7.99. The zero-order valence-electron chi connectivity index (χ0n) is 15.2. The van der Waals surface area contributed by atoms with E-state index >= 15 is 0 Å². The van der Waals surface area contributed by atoms with E-state index in [4.69, 9.17) is 0 Å². The van der Waals surface area contributed by atoms with Crippen LogP contribution in [0.5, 0.6) is 0 Å². The Morgan fingerprint density at radius 2 is 1.85 bits per heavy atom. The average molecular weight is 378 g/mol. The summed E-state index contributed by atoms with van der Waals surface area (Å²) in [4.78, 5) is 10.4. The Kier molecular flexibility index (Phi) is 4.96. The van der Waals surface area contributed by atoms with Gasteiger partial charge in [0.2, 0.25) is 10.0 Å². The van der Waals surface area contributed by atoms with Crippen LogP contribution < -0.4 is 0 Å². The van der Waals surface area contributed by atoms with Gasteiger partial charge in [-0.05, 0) is 50.2 Å². The Morgan fingerprint density at radius 3 is 2.38 bits per heavy atom. The highest BCUT2D eigenvalue weighted by Gasteiger charge is 2.54. The monoisotopic (exact) mass is 378 g/mol. The summed E-state index contributed by atoms with van der Waals surface area (Å²) in [6, 6.07) is 5.19. The van der Waals surface area contributed by atoms with E-state index in [2.05, 4.69) is 6.58 Å². The summed E-state index contributed by atoms with van der Waals surface area (Å²) in [5.41, 5.74) is -0.563. The van der Waals surface area contributed by atoms with Crippen LogP contribution in [-0.2, 0) is 10.0 Å². The van der Waals surface area contributed by atoms with Gasteiger partial charge in [-0.3, -0.25) is 10.1 Å². The van der Waals surface area contributed by atoms with Crippen LogP contribution in [0, 0.1) is 15.5 Å². The largest absolute Gasteiger partial charge is 0.269 e. The number of non-ortho nitro benzene ring substituents is 1. The predicted octanol–water partition coefficient (Wildman–Crippen LogP) is 4.27. The summed E-state index contributed by atoms with van der Waals surface area (Å²) < 4.78 is 28.3. The number of nitrogens with zero attached hydrogens (tertiary/aromatic N) is 2. The quantitative estimate of drug-likeness (QED) is 0.435. The molecule has 1 heterocycles. The minimum atomic E-state index is -3.72. The lowest BCUT2D eigenvalue weighted by atomic mass is 9.70. The minimum Gasteiger partial charge on any atom is -0.258 e. The Labute approximate surface area is 155 Å². The molecule has 1 atom stereocenters. The number of benzene rings is 1. The third kappa shape index (κ3) is 3.30. The van der Waals surface area contributed by atoms with Crippen molar-refractivity contribution in [2.75, 3.05) is 6.54 Å². The fraction of sp³-hybridized carbons (Fsp3) is 0.579. The Hall–Kier alpha value is -1.73. The molecule has 7 heteroatoms. The first-order chi connectivity index (χ1) is 12.2. The lowest BCUT2D eigenvalue weighted by molar-refractivity contribution is -0.384. The summed E-state index contributed by atoms with van der Waals surface area (Å²) in [6.07, 6.45) is 8.87. The van der Waals surface area contributed by atoms with Gasteiger partial charge < -0.3 is 0 Å². The third-order valence-electron chi connectivity index (χ3n) is 5.97. The van der Waals surface area contributed by atoms with Crippen LogP contribution in [0.15, 0.2) is 41.8 Å². The fourth-order valence-electron chi connectivity index (χ4n) is 4.81. The molecule has 26 heavy (non-hydrogen) atoms. The topological polar surface area (TPSA) is 80.5 Å². The highest BCUT2D eigenvalue weighted by Crippen LogP contribution is 2.53. The van der Waals surface area contributed by atoms with Crippen LogP contribution in [0.3, 0.4) is 0 Å². The SMILES string of the molecule is C=CCC1(C)CC2(CCCCC2)CN1S(=O)(=O)c1ccc([N+](=O)[O-])cc1. The molecule has 142 valence electrons. The van der Waals surface area contributed by atoms with Gasteiger partial charge in [0.15, 0.2) is 0 Å². The van der Waals surface area contributed by atoms with E-state index in [1.54, 1.807) is 10.4 Å². The van der Waals surface area contributed by atoms with Crippen LogP contribution in [0.25, 0.3) is 0 Å². The van der Waals surface area contributed by atoms with E-state index in [0.29, 0.717) is 13.0 Å². The molecule has 0 N–H and O–H groups in total. The molecule has 1 aliphatic heterocycles. The molecule has 1 aliphatic carbocycles. The second-order valence-corrected chi connectivity index (χ2v) is 9.85. The molecule has 2 aliphatic rings. The molecule has 1 aromatic carbocycles. The van der Waals surface area contributed by atoms with Crippen molar-refractivity contribution in [3.63, 3.8) is 0 Å². The number of rotatable bonds is 5. The first-order valence-electron chi connectivity index (χ1n) is 9.11. The first kappa shape index (κ1) is 19.0. The molecule has 1 aromatic rings. The molecule has 2 fully saturated rings. The summed E-state index contributed by atoms with van der Waals surface area (Å²) in [6.45, 7) is 6.35. The molecule has 3 rings (SSSR count). The number of nitro benzene ring substituents is 1. The van der Waals surface area contributed by atoms with Crippen LogP contribution in [0.4, 0.5) is 5.69 Å². The molecule has 1 spiro atoms. The zero-order valence-corrected chi connectivity index (χ0v) is 16.0. The van der Waals surface area contributed by atoms with Crippen molar-refractivity contribution in [3.05, 3.63) is 47.0 Å². The molecule has 1 saturated carbocycles. The van der Waals surface area contributed by atoms with Gasteiger partial charge in [-0.25, -0.2) is 8.42 Å². The third-order valence-corrected chi connectivity index (χ3v) is 7.99. The highest BCUT2D eigenvalue weighted by molar-refractivity contribution is 7.89. The van der Waals surface area contributed by atoms with Gasteiger partial charge in [0.05, 0.1) is 9.82 Å². The van der Waals surface area contributed by atoms with Gasteiger partial charge in [-0.15, -0.1) is 6.58 Å². The zero-order chi connectivity index (χ0) is 19.0. The van der Waals surface area contributed by atoms with Crippen molar-refractivity contribution in [1.29, 1.82) is 0 Å². The number of sulfonamides is 1. The van der Waals surface area contributed by atoms with Gasteiger partial charge in [-0.2, -0.15) is 4.31 Å². The molecule has 0 amide bonds. The van der Waals surface area contributed by atoms with E-state index < -0.39 is 20.5 Å². The maximum absolute atomic E-state index is 13.4. The van der Waals surface area contributed by atoms with Crippen LogP contribution in [0.2, 0.25) is 0 Å². The van der Waals surface area contributed by atoms with E-state index in [0.717, 1.165) is 32.1 Å². The molecule has 0 radical (unpaired) electrons. The van der Waals surface area contributed by atoms with Gasteiger partial charge in [-0.1, -0.05) is 25.3 Å². The average Bonchev–Trinajstić information content (AvgIpc) is 2.88. The normalized spacial score (nSPS) is 26.0. The van der Waals surface area contributed by atoms with Crippen molar-refractivity contribution in [3.8, 4) is 0 Å². The first-order valence-corrected chi connectivity index (χ1v) is 10.5. The summed E-state index contributed by atoms with van der Waals surface area (Å²) >= 11 is 0. The van der Waals surface area contributed by atoms with Gasteiger partial charge >= 0.3 is 0 Å². The Bertz CT molecular complexity index is 797. The van der Waals surface area contributed by atoms with E-state index in [1.165, 1.54) is 30.7 Å². The van der Waals surface area contributed by atoms with Gasteiger partial charge in [0.25, 0.3) is 5.69 Å². The van der Waals surface area contributed by atoms with Crippen molar-refractivity contribution in [1.82, 2.24) is 4.31 Å². The molecular formula is C19H26N2O4S. The maximum Gasteiger partial charge on any atom is 0.269 e. The summed E-state index contributed by atoms with van der Waals surface area (Å²) in [5.74, 6) is 0. The van der Waals surface area contributed by atoms with E-state index in [9.17, 15) is 18.5 Å². The smallest absolute Gasteiger partial charge is 0.258 e. The number of hydrogen-bond donors (Lipinski definition) is 0. The van der Waals surface area contributed by atoms with Crippen molar-refractivity contribution in [2.45, 2.75) is 62.3 Å². The minimum absolute atomic E-state index is 0.0455. The Morgan fingerprint density at radius 1 is 1.23 bits per heavy atom. The van der Waals surface area contributed by atoms with Gasteiger partial charge in [0.1, 0.15) is 0 Å². The van der Waals surface area contributed by atoms with Crippen molar-refractivity contribution >= 4 is 15.7 Å². The fourth-order valence-corrected chi connectivity index (χ4v) is 6.71. The summed E-state index contributed by atoms with van der Waals surface area (Å²) in [7, 11) is -3.72. The molecule has 6 nitrogen and oxygen atoms in total. The number of hydrogen-bond acceptors (Lipinski definition) is 4. The molecule has 1 saturated heterocycles. The molecule has 0 bridgehead atoms. The maximum atomic E-state index is 13.4.